The minimum Gasteiger partial charge on any atom is -0.493 e. The van der Waals surface area contributed by atoms with Crippen LogP contribution in [0.5, 0.6) is 11.5 Å². The van der Waals surface area contributed by atoms with E-state index in [9.17, 15) is 9.59 Å². The number of benzene rings is 2. The lowest BCUT2D eigenvalue weighted by atomic mass is 10.1. The van der Waals surface area contributed by atoms with Gasteiger partial charge in [-0.1, -0.05) is 25.1 Å². The molecule has 9 nitrogen and oxygen atoms in total. The molecular weight excluding hydrogens is 410 g/mol. The lowest BCUT2D eigenvalue weighted by molar-refractivity contribution is -0.121. The van der Waals surface area contributed by atoms with Crippen LogP contribution >= 0.6 is 0 Å². The van der Waals surface area contributed by atoms with Gasteiger partial charge in [-0.3, -0.25) is 4.79 Å². The molecule has 0 aliphatic heterocycles. The van der Waals surface area contributed by atoms with Crippen LogP contribution in [0.1, 0.15) is 18.3 Å². The smallest absolute Gasteiger partial charge is 0.352 e. The van der Waals surface area contributed by atoms with Crippen LogP contribution in [0.25, 0.3) is 16.6 Å². The molecule has 1 amide bonds. The zero-order chi connectivity index (χ0) is 22.7. The maximum absolute atomic E-state index is 12.9. The van der Waals surface area contributed by atoms with Crippen molar-refractivity contribution in [3.63, 3.8) is 0 Å². The maximum Gasteiger partial charge on any atom is 0.352 e. The first-order valence-electron chi connectivity index (χ1n) is 10.4. The molecule has 0 atom stereocenters. The van der Waals surface area contributed by atoms with Crippen LogP contribution in [0, 0.1) is 0 Å². The highest BCUT2D eigenvalue weighted by molar-refractivity contribution is 5.91. The highest BCUT2D eigenvalue weighted by atomic mass is 16.5. The first-order chi connectivity index (χ1) is 15.5. The van der Waals surface area contributed by atoms with E-state index in [2.05, 4.69) is 15.4 Å². The number of methoxy groups -OCH3 is 2. The van der Waals surface area contributed by atoms with E-state index in [1.54, 1.807) is 14.2 Å². The van der Waals surface area contributed by atoms with Crippen LogP contribution in [-0.4, -0.2) is 45.8 Å². The number of para-hydroxylation sites is 1. The quantitative estimate of drug-likeness (QED) is 0.454. The Morgan fingerprint density at radius 2 is 1.88 bits per heavy atom. The SMILES string of the molecule is CCc1nc2ccccc2c2nn(CC(=O)NCCc3ccc(OC)c(OC)c3)c(=O)n12. The Bertz CT molecular complexity index is 1340. The molecule has 166 valence electrons. The summed E-state index contributed by atoms with van der Waals surface area (Å²) in [5.74, 6) is 1.62. The second kappa shape index (κ2) is 9.09. The Labute approximate surface area is 184 Å². The summed E-state index contributed by atoms with van der Waals surface area (Å²) in [6.45, 7) is 2.19. The number of hydrogen-bond donors (Lipinski definition) is 1. The van der Waals surface area contributed by atoms with E-state index in [1.807, 2.05) is 49.4 Å². The molecule has 0 spiro atoms. The van der Waals surface area contributed by atoms with Crippen molar-refractivity contribution in [1.29, 1.82) is 0 Å². The number of nitrogens with one attached hydrogen (secondary N) is 1. The monoisotopic (exact) mass is 435 g/mol. The van der Waals surface area contributed by atoms with Crippen molar-refractivity contribution in [3.8, 4) is 11.5 Å². The van der Waals surface area contributed by atoms with Crippen molar-refractivity contribution in [1.82, 2.24) is 24.5 Å². The van der Waals surface area contributed by atoms with Gasteiger partial charge in [0.25, 0.3) is 0 Å². The van der Waals surface area contributed by atoms with Gasteiger partial charge in [0.15, 0.2) is 17.1 Å². The van der Waals surface area contributed by atoms with E-state index >= 15 is 0 Å². The number of carbonyl (C=O) groups excluding carboxylic acids is 1. The molecule has 2 aromatic heterocycles. The molecule has 0 bridgehead atoms. The van der Waals surface area contributed by atoms with Crippen molar-refractivity contribution in [2.24, 2.45) is 0 Å². The normalized spacial score (nSPS) is 11.1. The molecule has 0 aliphatic carbocycles. The summed E-state index contributed by atoms with van der Waals surface area (Å²) in [5.41, 5.74) is 1.91. The average Bonchev–Trinajstić information content (AvgIpc) is 3.14. The highest BCUT2D eigenvalue weighted by Crippen LogP contribution is 2.27. The zero-order valence-electron chi connectivity index (χ0n) is 18.3. The molecular formula is C23H25N5O4. The van der Waals surface area contributed by atoms with E-state index in [0.29, 0.717) is 42.4 Å². The van der Waals surface area contributed by atoms with Gasteiger partial charge in [-0.05, 0) is 36.2 Å². The van der Waals surface area contributed by atoms with Crippen LogP contribution in [0.15, 0.2) is 47.3 Å². The molecule has 0 aliphatic rings. The minimum atomic E-state index is -0.370. The molecule has 0 saturated carbocycles. The first-order valence-corrected chi connectivity index (χ1v) is 10.4. The number of amides is 1. The predicted octanol–water partition coefficient (Wildman–Crippen LogP) is 1.98. The average molecular weight is 435 g/mol. The van der Waals surface area contributed by atoms with Gasteiger partial charge in [0, 0.05) is 18.4 Å². The molecule has 9 heteroatoms. The second-order valence-corrected chi connectivity index (χ2v) is 7.29. The van der Waals surface area contributed by atoms with Crippen LogP contribution in [-0.2, 0) is 24.2 Å². The summed E-state index contributed by atoms with van der Waals surface area (Å²) in [7, 11) is 3.17. The Morgan fingerprint density at radius 3 is 2.62 bits per heavy atom. The fourth-order valence-electron chi connectivity index (χ4n) is 3.68. The Kier molecular flexibility index (Phi) is 6.07. The highest BCUT2D eigenvalue weighted by Gasteiger charge is 2.16. The molecule has 2 aromatic carbocycles. The van der Waals surface area contributed by atoms with Gasteiger partial charge >= 0.3 is 5.69 Å². The summed E-state index contributed by atoms with van der Waals surface area (Å²) < 4.78 is 13.2. The zero-order valence-corrected chi connectivity index (χ0v) is 18.3. The van der Waals surface area contributed by atoms with E-state index in [0.717, 1.165) is 16.5 Å². The number of rotatable bonds is 8. The van der Waals surface area contributed by atoms with E-state index in [1.165, 1.54) is 9.08 Å². The van der Waals surface area contributed by atoms with Gasteiger partial charge in [0.2, 0.25) is 5.91 Å². The number of ether oxygens (including phenoxy) is 2. The van der Waals surface area contributed by atoms with Crippen molar-refractivity contribution < 1.29 is 14.3 Å². The summed E-state index contributed by atoms with van der Waals surface area (Å²) in [6, 6.07) is 13.2. The lowest BCUT2D eigenvalue weighted by Crippen LogP contribution is -2.34. The van der Waals surface area contributed by atoms with Crippen LogP contribution < -0.4 is 20.5 Å². The number of hydrogen-bond acceptors (Lipinski definition) is 6. The number of aryl methyl sites for hydroxylation is 1. The van der Waals surface area contributed by atoms with Crippen molar-refractivity contribution in [2.45, 2.75) is 26.3 Å². The van der Waals surface area contributed by atoms with Gasteiger partial charge in [-0.15, -0.1) is 5.10 Å². The van der Waals surface area contributed by atoms with Gasteiger partial charge in [-0.2, -0.15) is 0 Å². The third-order valence-electron chi connectivity index (χ3n) is 5.29. The fourth-order valence-corrected chi connectivity index (χ4v) is 3.68. The van der Waals surface area contributed by atoms with Crippen LogP contribution in [0.3, 0.4) is 0 Å². The van der Waals surface area contributed by atoms with E-state index < -0.39 is 0 Å². The summed E-state index contributed by atoms with van der Waals surface area (Å²) in [6.07, 6.45) is 1.19. The molecule has 1 N–H and O–H groups in total. The van der Waals surface area contributed by atoms with Gasteiger partial charge in [0.05, 0.1) is 19.7 Å². The molecule has 32 heavy (non-hydrogen) atoms. The largest absolute Gasteiger partial charge is 0.493 e. The number of carbonyl (C=O) groups is 1. The van der Waals surface area contributed by atoms with Gasteiger partial charge in [0.1, 0.15) is 12.4 Å². The first kappa shape index (κ1) is 21.4. The standard InChI is InChI=1S/C23H25N5O4/c1-4-20-25-17-8-6-5-7-16(17)22-26-27(23(30)28(20)22)14-21(29)24-12-11-15-9-10-18(31-2)19(13-15)32-3/h5-10,13H,4,11-12,14H2,1-3H3,(H,24,29). The fraction of sp³-hybridized carbons (Fsp3) is 0.304. The summed E-state index contributed by atoms with van der Waals surface area (Å²) >= 11 is 0. The molecule has 4 aromatic rings. The summed E-state index contributed by atoms with van der Waals surface area (Å²) in [5, 5.41) is 8.05. The number of fused-ring (bicyclic) bond motifs is 3. The van der Waals surface area contributed by atoms with E-state index in [4.69, 9.17) is 9.47 Å². The van der Waals surface area contributed by atoms with Gasteiger partial charge in [-0.25, -0.2) is 18.9 Å². The molecule has 0 saturated heterocycles. The topological polar surface area (TPSA) is 99.8 Å². The lowest BCUT2D eigenvalue weighted by Gasteiger charge is -2.10. The maximum atomic E-state index is 12.9. The second-order valence-electron chi connectivity index (χ2n) is 7.29. The molecule has 0 unspecified atom stereocenters. The van der Waals surface area contributed by atoms with Crippen molar-refractivity contribution in [2.75, 3.05) is 20.8 Å². The number of aromatic nitrogens is 4. The Hall–Kier alpha value is -3.88. The van der Waals surface area contributed by atoms with Crippen LogP contribution in [0.2, 0.25) is 0 Å². The van der Waals surface area contributed by atoms with Gasteiger partial charge < -0.3 is 14.8 Å². The van der Waals surface area contributed by atoms with Crippen molar-refractivity contribution in [3.05, 3.63) is 64.3 Å². The Balaban J connectivity index is 1.49. The molecule has 4 rings (SSSR count). The predicted molar refractivity (Wildman–Crippen MR) is 120 cm³/mol. The molecule has 2 heterocycles. The third-order valence-corrected chi connectivity index (χ3v) is 5.29. The summed E-state index contributed by atoms with van der Waals surface area (Å²) in [4.78, 5) is 30.0. The van der Waals surface area contributed by atoms with Crippen LogP contribution in [0.4, 0.5) is 0 Å². The Morgan fingerprint density at radius 1 is 1.09 bits per heavy atom. The molecule has 0 fully saturated rings. The minimum absolute atomic E-state index is 0.163. The molecule has 0 radical (unpaired) electrons. The number of nitrogens with zero attached hydrogens (tertiary/aromatic N) is 4. The third kappa shape index (κ3) is 4.01. The van der Waals surface area contributed by atoms with Crippen molar-refractivity contribution >= 4 is 22.5 Å². The van der Waals surface area contributed by atoms with E-state index in [-0.39, 0.29) is 18.1 Å².